The van der Waals surface area contributed by atoms with E-state index in [9.17, 15) is 27.7 Å². The largest absolute Gasteiger partial charge is 0.615 e. The average Bonchev–Trinajstić information content (AvgIpc) is 2.89. The topological polar surface area (TPSA) is 146 Å². The van der Waals surface area contributed by atoms with Gasteiger partial charge in [-0.15, -0.1) is 4.67 Å². The molecule has 1 N–H and O–H groups in total. The molecule has 2 aromatic rings. The molecule has 0 unspecified atom stereocenters. The first-order valence-corrected chi connectivity index (χ1v) is 12.7. The monoisotopic (exact) mass is 497 g/mol. The number of aliphatic carboxylic acids is 1. The number of amides is 1. The fraction of sp³-hybridized carbons (Fsp3) is 0.300. The molecule has 0 aliphatic carbocycles. The lowest BCUT2D eigenvalue weighted by atomic mass is 9.97. The summed E-state index contributed by atoms with van der Waals surface area (Å²) in [5.41, 5.74) is 0. The van der Waals surface area contributed by atoms with Crippen molar-refractivity contribution >= 4 is 29.5 Å². The maximum Gasteiger partial charge on any atom is 0.615 e. The molecule has 2 fully saturated rings. The van der Waals surface area contributed by atoms with Gasteiger partial charge < -0.3 is 19.1 Å². The van der Waals surface area contributed by atoms with Crippen molar-refractivity contribution in [1.82, 2.24) is 4.90 Å². The van der Waals surface area contributed by atoms with Crippen LogP contribution in [0.15, 0.2) is 60.7 Å². The van der Waals surface area contributed by atoms with E-state index >= 15 is 0 Å². The number of phosphoric acid groups is 1. The molecule has 2 heterocycles. The van der Waals surface area contributed by atoms with Crippen molar-refractivity contribution in [3.8, 4) is 11.5 Å². The van der Waals surface area contributed by atoms with Crippen molar-refractivity contribution in [1.29, 1.82) is 0 Å². The Kier molecular flexibility index (Phi) is 5.73. The molecule has 2 saturated heterocycles. The van der Waals surface area contributed by atoms with Gasteiger partial charge >= 0.3 is 13.8 Å². The summed E-state index contributed by atoms with van der Waals surface area (Å²) in [7, 11) is -8.75. The molecular formula is C20H20NO10PS. The van der Waals surface area contributed by atoms with Crippen LogP contribution >= 0.6 is 7.82 Å². The van der Waals surface area contributed by atoms with Crippen LogP contribution in [0.4, 0.5) is 0 Å². The molecule has 3 atom stereocenters. The van der Waals surface area contributed by atoms with Crippen LogP contribution < -0.4 is 9.05 Å². The Labute approximate surface area is 189 Å². The Bertz CT molecular complexity index is 1170. The molecule has 0 saturated carbocycles. The third kappa shape index (κ3) is 3.89. The number of phosphoric ester groups is 1. The van der Waals surface area contributed by atoms with Crippen molar-refractivity contribution < 1.29 is 46.3 Å². The number of para-hydroxylation sites is 2. The van der Waals surface area contributed by atoms with E-state index in [0.717, 1.165) is 0 Å². The van der Waals surface area contributed by atoms with E-state index in [1.54, 1.807) is 36.4 Å². The minimum atomic E-state index is -4.57. The number of β-lactam (4-membered cyclic amide) rings is 1. The van der Waals surface area contributed by atoms with Crippen molar-refractivity contribution in [2.45, 2.75) is 36.1 Å². The standard InChI is InChI=1S/C20H20NO10PS/c1-20(2)16(19(23)24)21-17(22)15(18(21)33(20,26)27)28-31-32(25,29-13-9-5-3-6-10-13)30-14-11-7-4-8-12-14/h3-12,15-16,18H,1-2H3,(H,23,24)/t15-,16-,18+/m0/s1. The first-order valence-electron chi connectivity index (χ1n) is 9.71. The zero-order chi connectivity index (χ0) is 24.0. The summed E-state index contributed by atoms with van der Waals surface area (Å²) in [6.45, 7) is 2.43. The first-order chi connectivity index (χ1) is 15.5. The number of rotatable bonds is 8. The number of benzene rings is 2. The lowest BCUT2D eigenvalue weighted by Gasteiger charge is -2.40. The average molecular weight is 497 g/mol. The van der Waals surface area contributed by atoms with Gasteiger partial charge in [-0.1, -0.05) is 36.4 Å². The number of fused-ring (bicyclic) bond motifs is 1. The molecule has 0 radical (unpaired) electrons. The van der Waals surface area contributed by atoms with Crippen molar-refractivity contribution in [2.75, 3.05) is 0 Å². The van der Waals surface area contributed by atoms with E-state index in [1.807, 2.05) is 0 Å². The van der Waals surface area contributed by atoms with Gasteiger partial charge in [0.15, 0.2) is 15.2 Å². The molecule has 0 spiro atoms. The summed E-state index contributed by atoms with van der Waals surface area (Å²) >= 11 is 0. The van der Waals surface area contributed by atoms with Gasteiger partial charge in [0.1, 0.15) is 22.3 Å². The SMILES string of the molecule is CC1(C)[C@H](C(=O)O)N2C(=O)[C@H](OOP(=O)(Oc3ccccc3)Oc3ccccc3)[C@H]2S1(=O)=O. The Hall–Kier alpha value is -2.92. The second kappa shape index (κ2) is 8.14. The summed E-state index contributed by atoms with van der Waals surface area (Å²) in [6, 6.07) is 14.1. The molecule has 4 rings (SSSR count). The van der Waals surface area contributed by atoms with Gasteiger partial charge in [0, 0.05) is 0 Å². The minimum Gasteiger partial charge on any atom is -0.480 e. The highest BCUT2D eigenvalue weighted by molar-refractivity contribution is 7.94. The molecular weight excluding hydrogens is 477 g/mol. The number of sulfone groups is 1. The van der Waals surface area contributed by atoms with E-state index in [-0.39, 0.29) is 11.5 Å². The van der Waals surface area contributed by atoms with Gasteiger partial charge in [-0.25, -0.2) is 22.7 Å². The summed E-state index contributed by atoms with van der Waals surface area (Å²) in [5, 5.41) is 7.86. The van der Waals surface area contributed by atoms with Gasteiger partial charge in [0.2, 0.25) is 6.10 Å². The van der Waals surface area contributed by atoms with Gasteiger partial charge in [0.05, 0.1) is 0 Å². The normalized spacial score (nSPS) is 25.1. The van der Waals surface area contributed by atoms with Gasteiger partial charge in [-0.05, 0) is 38.1 Å². The van der Waals surface area contributed by atoms with Crippen molar-refractivity contribution in [3.05, 3.63) is 60.7 Å². The molecule has 176 valence electrons. The smallest absolute Gasteiger partial charge is 0.480 e. The Morgan fingerprint density at radius 1 is 1.00 bits per heavy atom. The molecule has 2 aliphatic rings. The van der Waals surface area contributed by atoms with Gasteiger partial charge in [0.25, 0.3) is 5.91 Å². The second-order valence-electron chi connectivity index (χ2n) is 7.87. The second-order valence-corrected chi connectivity index (χ2v) is 11.9. The maximum absolute atomic E-state index is 13.3. The minimum absolute atomic E-state index is 0.0995. The first kappa shape index (κ1) is 23.2. The predicted molar refractivity (Wildman–Crippen MR) is 113 cm³/mol. The van der Waals surface area contributed by atoms with Crippen molar-refractivity contribution in [2.24, 2.45) is 0 Å². The highest BCUT2D eigenvalue weighted by Gasteiger charge is 2.73. The van der Waals surface area contributed by atoms with Crippen LogP contribution in [0.25, 0.3) is 0 Å². The van der Waals surface area contributed by atoms with E-state index < -0.39 is 51.8 Å². The van der Waals surface area contributed by atoms with E-state index in [1.165, 1.54) is 38.1 Å². The number of hydrogen-bond donors (Lipinski definition) is 1. The lowest BCUT2D eigenvalue weighted by Crippen LogP contribution is -2.67. The third-order valence-electron chi connectivity index (χ3n) is 5.41. The Morgan fingerprint density at radius 3 is 1.94 bits per heavy atom. The zero-order valence-electron chi connectivity index (χ0n) is 17.4. The number of carbonyl (C=O) groups is 2. The maximum atomic E-state index is 13.3. The Balaban J connectivity index is 1.58. The van der Waals surface area contributed by atoms with Crippen LogP contribution in [0.2, 0.25) is 0 Å². The molecule has 13 heteroatoms. The lowest BCUT2D eigenvalue weighted by molar-refractivity contribution is -0.277. The predicted octanol–water partition coefficient (Wildman–Crippen LogP) is 2.40. The number of nitrogens with zero attached hydrogens (tertiary/aromatic N) is 1. The van der Waals surface area contributed by atoms with E-state index in [4.69, 9.17) is 18.6 Å². The summed E-state index contributed by atoms with van der Waals surface area (Å²) in [4.78, 5) is 30.0. The molecule has 2 aliphatic heterocycles. The molecule has 0 bridgehead atoms. The summed E-state index contributed by atoms with van der Waals surface area (Å²) < 4.78 is 53.0. The van der Waals surface area contributed by atoms with Crippen LogP contribution in [0.3, 0.4) is 0 Å². The summed E-state index contributed by atoms with van der Waals surface area (Å²) in [5.74, 6) is -2.21. The number of carbonyl (C=O) groups excluding carboxylic acids is 1. The fourth-order valence-electron chi connectivity index (χ4n) is 3.72. The fourth-order valence-corrected chi connectivity index (χ4v) is 6.94. The van der Waals surface area contributed by atoms with Crippen LogP contribution in [-0.2, 0) is 33.6 Å². The van der Waals surface area contributed by atoms with Crippen molar-refractivity contribution in [3.63, 3.8) is 0 Å². The van der Waals surface area contributed by atoms with Crippen LogP contribution in [-0.4, -0.2) is 52.6 Å². The van der Waals surface area contributed by atoms with E-state index in [0.29, 0.717) is 4.90 Å². The van der Waals surface area contributed by atoms with Gasteiger partial charge in [-0.3, -0.25) is 4.79 Å². The number of hydrogen-bond acceptors (Lipinski definition) is 9. The zero-order valence-corrected chi connectivity index (χ0v) is 19.1. The molecule has 0 aromatic heterocycles. The van der Waals surface area contributed by atoms with E-state index in [2.05, 4.69) is 0 Å². The summed E-state index contributed by atoms with van der Waals surface area (Å²) in [6.07, 6.45) is -1.74. The number of carboxylic acid groups (broad SMARTS) is 1. The molecule has 2 aromatic carbocycles. The quantitative estimate of drug-likeness (QED) is 0.250. The highest BCUT2D eigenvalue weighted by Crippen LogP contribution is 2.52. The third-order valence-corrected chi connectivity index (χ3v) is 9.35. The molecule has 11 nitrogen and oxygen atoms in total. The van der Waals surface area contributed by atoms with Crippen LogP contribution in [0, 0.1) is 0 Å². The molecule has 1 amide bonds. The highest BCUT2D eigenvalue weighted by atomic mass is 32.2. The number of carboxylic acids is 1. The molecule has 33 heavy (non-hydrogen) atoms. The van der Waals surface area contributed by atoms with Gasteiger partial charge in [-0.2, -0.15) is 0 Å². The van der Waals surface area contributed by atoms with Crippen LogP contribution in [0.1, 0.15) is 13.8 Å². The van der Waals surface area contributed by atoms with Crippen LogP contribution in [0.5, 0.6) is 11.5 Å². The Morgan fingerprint density at radius 2 is 1.48 bits per heavy atom.